The number of carbonyl (C=O) groups excluding carboxylic acids is 1. The average molecular weight is 288 g/mol. The van der Waals surface area contributed by atoms with Crippen LogP contribution in [0.5, 0.6) is 0 Å². The molecule has 0 aromatic carbocycles. The number of urea groups is 1. The monoisotopic (exact) mass is 288 g/mol. The first-order valence-electron chi connectivity index (χ1n) is 6.85. The summed E-state index contributed by atoms with van der Waals surface area (Å²) in [4.78, 5) is 22.4. The van der Waals surface area contributed by atoms with Gasteiger partial charge in [-0.1, -0.05) is 12.8 Å². The molecule has 1 rings (SSSR count). The molecule has 0 heterocycles. The molecule has 0 aromatic rings. The van der Waals surface area contributed by atoms with Crippen LogP contribution in [0.2, 0.25) is 0 Å². The summed E-state index contributed by atoms with van der Waals surface area (Å²) in [5.74, 6) is 0.396. The zero-order valence-electron chi connectivity index (χ0n) is 11.5. The van der Waals surface area contributed by atoms with Gasteiger partial charge in [0.25, 0.3) is 0 Å². The van der Waals surface area contributed by atoms with E-state index in [1.165, 1.54) is 18.6 Å². The van der Waals surface area contributed by atoms with Gasteiger partial charge in [-0.2, -0.15) is 11.8 Å². The van der Waals surface area contributed by atoms with Gasteiger partial charge in [-0.3, -0.25) is 4.79 Å². The number of aliphatic carboxylic acids is 1. The number of carboxylic acid groups (broad SMARTS) is 1. The number of thioether (sulfide) groups is 1. The fourth-order valence-corrected chi connectivity index (χ4v) is 2.35. The number of nitrogens with one attached hydrogen (secondary N) is 2. The molecule has 0 aromatic heterocycles. The Morgan fingerprint density at radius 3 is 2.42 bits per heavy atom. The number of hydrogen-bond donors (Lipinski definition) is 3. The first kappa shape index (κ1) is 16.1. The van der Waals surface area contributed by atoms with Gasteiger partial charge >= 0.3 is 12.0 Å². The van der Waals surface area contributed by atoms with Crippen molar-refractivity contribution in [3.8, 4) is 0 Å². The van der Waals surface area contributed by atoms with Crippen molar-refractivity contribution in [1.29, 1.82) is 0 Å². The number of amides is 2. The molecule has 2 amide bonds. The molecule has 0 atom stereocenters. The molecule has 1 fully saturated rings. The maximum Gasteiger partial charge on any atom is 0.314 e. The van der Waals surface area contributed by atoms with E-state index >= 15 is 0 Å². The fourth-order valence-electron chi connectivity index (χ4n) is 1.86. The molecule has 110 valence electrons. The van der Waals surface area contributed by atoms with Crippen molar-refractivity contribution < 1.29 is 14.7 Å². The molecule has 0 radical (unpaired) electrons. The zero-order valence-corrected chi connectivity index (χ0v) is 12.4. The van der Waals surface area contributed by atoms with Gasteiger partial charge < -0.3 is 15.7 Å². The molecule has 6 heteroatoms. The first-order chi connectivity index (χ1) is 9.10. The Hall–Kier alpha value is -0.910. The second-order valence-corrected chi connectivity index (χ2v) is 6.09. The lowest BCUT2D eigenvalue weighted by molar-refractivity contribution is -0.143. The number of carbonyl (C=O) groups is 2. The van der Waals surface area contributed by atoms with Crippen molar-refractivity contribution in [2.45, 2.75) is 38.5 Å². The van der Waals surface area contributed by atoms with E-state index in [-0.39, 0.29) is 12.6 Å². The van der Waals surface area contributed by atoms with Crippen LogP contribution >= 0.6 is 11.8 Å². The van der Waals surface area contributed by atoms with Crippen molar-refractivity contribution in [3.63, 3.8) is 0 Å². The van der Waals surface area contributed by atoms with Crippen molar-refractivity contribution in [2.75, 3.05) is 25.1 Å². The minimum absolute atomic E-state index is 0.238. The molecular formula is C13H24N2O3S. The van der Waals surface area contributed by atoms with Crippen LogP contribution in [0.4, 0.5) is 4.79 Å². The Labute approximate surface area is 118 Å². The van der Waals surface area contributed by atoms with Crippen LogP contribution in [0.25, 0.3) is 0 Å². The van der Waals surface area contributed by atoms with E-state index in [1.54, 1.807) is 0 Å². The molecule has 0 aliphatic heterocycles. The molecule has 1 aliphatic carbocycles. The Balaban J connectivity index is 1.95. The summed E-state index contributed by atoms with van der Waals surface area (Å²) < 4.78 is 0. The van der Waals surface area contributed by atoms with E-state index < -0.39 is 11.4 Å². The van der Waals surface area contributed by atoms with E-state index in [1.807, 2.05) is 11.8 Å². The lowest BCUT2D eigenvalue weighted by Gasteiger charge is -2.11. The summed E-state index contributed by atoms with van der Waals surface area (Å²) in [5, 5.41) is 14.4. The van der Waals surface area contributed by atoms with E-state index in [2.05, 4.69) is 16.9 Å². The molecule has 3 N–H and O–H groups in total. The molecule has 0 unspecified atom stereocenters. The van der Waals surface area contributed by atoms with Gasteiger partial charge in [0.2, 0.25) is 0 Å². The third kappa shape index (κ3) is 6.18. The Kier molecular flexibility index (Phi) is 7.05. The van der Waals surface area contributed by atoms with Crippen LogP contribution in [0.15, 0.2) is 0 Å². The van der Waals surface area contributed by atoms with Gasteiger partial charge in [0.1, 0.15) is 0 Å². The number of carboxylic acids is 1. The molecular weight excluding hydrogens is 264 g/mol. The fraction of sp³-hybridized carbons (Fsp3) is 0.846. The van der Waals surface area contributed by atoms with E-state index in [9.17, 15) is 9.59 Å². The van der Waals surface area contributed by atoms with Gasteiger partial charge in [0.05, 0.1) is 5.41 Å². The highest BCUT2D eigenvalue weighted by atomic mass is 32.2. The number of hydrogen-bond acceptors (Lipinski definition) is 3. The molecule has 1 aliphatic rings. The average Bonchev–Trinajstić information content (AvgIpc) is 3.16. The van der Waals surface area contributed by atoms with Gasteiger partial charge in [-0.25, -0.2) is 4.79 Å². The van der Waals surface area contributed by atoms with Crippen LogP contribution in [0.1, 0.15) is 38.5 Å². The van der Waals surface area contributed by atoms with Crippen molar-refractivity contribution in [2.24, 2.45) is 5.41 Å². The summed E-state index contributed by atoms with van der Waals surface area (Å²) in [6, 6.07) is -0.253. The molecule has 19 heavy (non-hydrogen) atoms. The van der Waals surface area contributed by atoms with Gasteiger partial charge in [0.15, 0.2) is 0 Å². The number of unbranched alkanes of at least 4 members (excludes halogenated alkanes) is 3. The summed E-state index contributed by atoms with van der Waals surface area (Å²) in [6.45, 7) is 0.896. The highest BCUT2D eigenvalue weighted by molar-refractivity contribution is 7.98. The minimum Gasteiger partial charge on any atom is -0.481 e. The van der Waals surface area contributed by atoms with Gasteiger partial charge in [-0.15, -0.1) is 0 Å². The highest BCUT2D eigenvalue weighted by Gasteiger charge is 2.50. The minimum atomic E-state index is -0.804. The smallest absolute Gasteiger partial charge is 0.314 e. The third-order valence-corrected chi connectivity index (χ3v) is 4.15. The van der Waals surface area contributed by atoms with E-state index in [0.29, 0.717) is 19.4 Å². The van der Waals surface area contributed by atoms with Gasteiger partial charge in [-0.05, 0) is 37.7 Å². The second kappa shape index (κ2) is 8.30. The Morgan fingerprint density at radius 1 is 1.16 bits per heavy atom. The standard InChI is InChI=1S/C13H24N2O3S/c1-19-9-5-3-2-4-8-14-12(18)15-10-13(6-7-13)11(16)17/h2-10H2,1H3,(H,16,17)(H2,14,15,18). The second-order valence-electron chi connectivity index (χ2n) is 5.10. The van der Waals surface area contributed by atoms with Crippen LogP contribution in [0.3, 0.4) is 0 Å². The molecule has 0 spiro atoms. The van der Waals surface area contributed by atoms with Crippen molar-refractivity contribution in [3.05, 3.63) is 0 Å². The first-order valence-corrected chi connectivity index (χ1v) is 8.24. The van der Waals surface area contributed by atoms with Crippen molar-refractivity contribution in [1.82, 2.24) is 10.6 Å². The molecule has 0 saturated heterocycles. The summed E-state index contributed by atoms with van der Waals surface area (Å²) in [7, 11) is 0. The maximum absolute atomic E-state index is 11.5. The third-order valence-electron chi connectivity index (χ3n) is 3.46. The maximum atomic E-state index is 11.5. The molecule has 5 nitrogen and oxygen atoms in total. The number of rotatable bonds is 10. The normalized spacial score (nSPS) is 15.8. The molecule has 0 bridgehead atoms. The largest absolute Gasteiger partial charge is 0.481 e. The van der Waals surface area contributed by atoms with E-state index in [0.717, 1.165) is 12.8 Å². The van der Waals surface area contributed by atoms with Crippen LogP contribution in [-0.4, -0.2) is 42.2 Å². The van der Waals surface area contributed by atoms with Crippen LogP contribution in [0, 0.1) is 5.41 Å². The highest BCUT2D eigenvalue weighted by Crippen LogP contribution is 2.45. The zero-order chi connectivity index (χ0) is 14.1. The lowest BCUT2D eigenvalue weighted by Crippen LogP contribution is -2.41. The van der Waals surface area contributed by atoms with Crippen LogP contribution in [-0.2, 0) is 4.79 Å². The Morgan fingerprint density at radius 2 is 1.84 bits per heavy atom. The summed E-state index contributed by atoms with van der Waals surface area (Å²) in [5.41, 5.74) is -0.685. The summed E-state index contributed by atoms with van der Waals surface area (Å²) >= 11 is 1.86. The predicted molar refractivity (Wildman–Crippen MR) is 77.6 cm³/mol. The lowest BCUT2D eigenvalue weighted by atomic mass is 10.1. The predicted octanol–water partition coefficient (Wildman–Crippen LogP) is 2.07. The summed E-state index contributed by atoms with van der Waals surface area (Å²) in [6.07, 6.45) is 7.97. The van der Waals surface area contributed by atoms with Crippen LogP contribution < -0.4 is 10.6 Å². The quantitative estimate of drug-likeness (QED) is 0.538. The topological polar surface area (TPSA) is 78.4 Å². The van der Waals surface area contributed by atoms with E-state index in [4.69, 9.17) is 5.11 Å². The Bertz CT molecular complexity index is 306. The molecule has 1 saturated carbocycles. The van der Waals surface area contributed by atoms with Crippen molar-refractivity contribution >= 4 is 23.8 Å². The SMILES string of the molecule is CSCCCCCCNC(=O)NCC1(C(=O)O)CC1. The van der Waals surface area contributed by atoms with Gasteiger partial charge in [0, 0.05) is 13.1 Å².